The Morgan fingerprint density at radius 3 is 2.50 bits per heavy atom. The van der Waals surface area contributed by atoms with Crippen molar-refractivity contribution in [1.29, 1.82) is 0 Å². The Morgan fingerprint density at radius 2 is 1.73 bits per heavy atom. The van der Waals surface area contributed by atoms with Gasteiger partial charge in [0, 0.05) is 35.9 Å². The van der Waals surface area contributed by atoms with Crippen molar-refractivity contribution in [3.05, 3.63) is 94.0 Å². The average molecular weight is 400 g/mol. The summed E-state index contributed by atoms with van der Waals surface area (Å²) in [6.45, 7) is 2.07. The number of nitrogens with one attached hydrogen (secondary N) is 2. The molecule has 1 saturated heterocycles. The van der Waals surface area contributed by atoms with Gasteiger partial charge in [-0.3, -0.25) is 19.9 Å². The monoisotopic (exact) mass is 400 g/mol. The number of carbonyl (C=O) groups is 1. The molecule has 0 spiro atoms. The minimum Gasteiger partial charge on any atom is -0.363 e. The number of fused-ring (bicyclic) bond motifs is 2. The lowest BCUT2D eigenvalue weighted by Gasteiger charge is -2.33. The van der Waals surface area contributed by atoms with Gasteiger partial charge in [-0.2, -0.15) is 0 Å². The van der Waals surface area contributed by atoms with E-state index < -0.39 is 4.92 Å². The average Bonchev–Trinajstić information content (AvgIpc) is 3.09. The Labute approximate surface area is 173 Å². The van der Waals surface area contributed by atoms with E-state index in [2.05, 4.69) is 41.9 Å². The predicted molar refractivity (Wildman–Crippen MR) is 114 cm³/mol. The van der Waals surface area contributed by atoms with E-state index in [9.17, 15) is 14.9 Å². The van der Waals surface area contributed by atoms with E-state index >= 15 is 0 Å². The zero-order valence-electron chi connectivity index (χ0n) is 16.3. The van der Waals surface area contributed by atoms with Crippen molar-refractivity contribution in [2.45, 2.75) is 25.0 Å². The molecule has 2 aliphatic heterocycles. The maximum atomic E-state index is 12.9. The number of carbonyl (C=O) groups excluding carboxylic acids is 1. The fourth-order valence-electron chi connectivity index (χ4n) is 4.47. The van der Waals surface area contributed by atoms with E-state index in [1.54, 1.807) is 17.1 Å². The fraction of sp³-hybridized carbons (Fsp3) is 0.174. The molecule has 0 saturated carbocycles. The van der Waals surface area contributed by atoms with Crippen LogP contribution in [0.5, 0.6) is 0 Å². The Balaban J connectivity index is 1.53. The molecule has 0 bridgehead atoms. The molecule has 3 aromatic carbocycles. The number of nitrogens with zero attached hydrogens (tertiary/aromatic N) is 2. The SMILES string of the molecule is CC1NN2C(=O)C=C(c3ccc([N+](=O)[O-])cc3)NC2C1c1cccc2ccccc12. The number of hydrazine groups is 1. The highest BCUT2D eigenvalue weighted by atomic mass is 16.6. The van der Waals surface area contributed by atoms with Crippen molar-refractivity contribution in [1.82, 2.24) is 15.8 Å². The first-order valence-electron chi connectivity index (χ1n) is 9.83. The van der Waals surface area contributed by atoms with Crippen LogP contribution in [-0.2, 0) is 4.79 Å². The molecule has 0 radical (unpaired) electrons. The first-order chi connectivity index (χ1) is 14.5. The summed E-state index contributed by atoms with van der Waals surface area (Å²) in [5, 5.41) is 18.4. The second-order valence-electron chi connectivity index (χ2n) is 7.67. The Hall–Kier alpha value is -3.71. The van der Waals surface area contributed by atoms with Gasteiger partial charge >= 0.3 is 0 Å². The molecule has 30 heavy (non-hydrogen) atoms. The lowest BCUT2D eigenvalue weighted by molar-refractivity contribution is -0.384. The van der Waals surface area contributed by atoms with Crippen LogP contribution in [0.4, 0.5) is 5.69 Å². The molecule has 0 aromatic heterocycles. The highest BCUT2D eigenvalue weighted by Crippen LogP contribution is 2.37. The fourth-order valence-corrected chi connectivity index (χ4v) is 4.47. The number of benzene rings is 3. The molecular weight excluding hydrogens is 380 g/mol. The van der Waals surface area contributed by atoms with Gasteiger partial charge in [0.2, 0.25) is 0 Å². The highest BCUT2D eigenvalue weighted by molar-refractivity contribution is 5.97. The largest absolute Gasteiger partial charge is 0.363 e. The van der Waals surface area contributed by atoms with Crippen LogP contribution in [-0.4, -0.2) is 28.0 Å². The molecule has 3 unspecified atom stereocenters. The van der Waals surface area contributed by atoms with Crippen molar-refractivity contribution in [2.75, 3.05) is 0 Å². The van der Waals surface area contributed by atoms with Gasteiger partial charge in [0.05, 0.1) is 4.92 Å². The van der Waals surface area contributed by atoms with Crippen molar-refractivity contribution in [2.24, 2.45) is 0 Å². The van der Waals surface area contributed by atoms with Crippen LogP contribution in [0.25, 0.3) is 16.5 Å². The van der Waals surface area contributed by atoms with Gasteiger partial charge in [0.15, 0.2) is 0 Å². The van der Waals surface area contributed by atoms with E-state index in [0.29, 0.717) is 5.70 Å². The van der Waals surface area contributed by atoms with Crippen LogP contribution in [0.1, 0.15) is 24.0 Å². The molecular formula is C23H20N4O3. The maximum absolute atomic E-state index is 12.9. The van der Waals surface area contributed by atoms with Gasteiger partial charge in [-0.05, 0) is 41.0 Å². The van der Waals surface area contributed by atoms with Gasteiger partial charge in [0.25, 0.3) is 11.6 Å². The van der Waals surface area contributed by atoms with Gasteiger partial charge < -0.3 is 5.32 Å². The summed E-state index contributed by atoms with van der Waals surface area (Å²) in [5.74, 6) is -0.108. The number of nitro benzene ring substituents is 1. The van der Waals surface area contributed by atoms with Gasteiger partial charge in [-0.15, -0.1) is 0 Å². The zero-order valence-corrected chi connectivity index (χ0v) is 16.3. The number of hydrogen-bond donors (Lipinski definition) is 2. The molecule has 2 heterocycles. The minimum absolute atomic E-state index is 0.0212. The first-order valence-corrected chi connectivity index (χ1v) is 9.83. The van der Waals surface area contributed by atoms with Crippen LogP contribution in [0.15, 0.2) is 72.8 Å². The summed E-state index contributed by atoms with van der Waals surface area (Å²) in [6, 6.07) is 20.8. The van der Waals surface area contributed by atoms with Gasteiger partial charge in [0.1, 0.15) is 6.17 Å². The van der Waals surface area contributed by atoms with Crippen LogP contribution < -0.4 is 10.7 Å². The Bertz CT molecular complexity index is 1180. The number of rotatable bonds is 3. The van der Waals surface area contributed by atoms with Crippen molar-refractivity contribution < 1.29 is 9.72 Å². The summed E-state index contributed by atoms with van der Waals surface area (Å²) < 4.78 is 0. The number of hydrogen-bond acceptors (Lipinski definition) is 5. The molecule has 2 aliphatic rings. The van der Waals surface area contributed by atoms with E-state index in [1.165, 1.54) is 29.2 Å². The normalized spacial score (nSPS) is 23.1. The molecule has 3 atom stereocenters. The number of amides is 1. The van der Waals surface area contributed by atoms with Crippen LogP contribution in [0.3, 0.4) is 0 Å². The second-order valence-corrected chi connectivity index (χ2v) is 7.67. The third kappa shape index (κ3) is 2.91. The van der Waals surface area contributed by atoms with E-state index in [4.69, 9.17) is 0 Å². The summed E-state index contributed by atoms with van der Waals surface area (Å²) >= 11 is 0. The molecule has 7 heteroatoms. The molecule has 5 rings (SSSR count). The molecule has 150 valence electrons. The Kier molecular flexibility index (Phi) is 4.25. The molecule has 7 nitrogen and oxygen atoms in total. The van der Waals surface area contributed by atoms with E-state index in [0.717, 1.165) is 10.9 Å². The Morgan fingerprint density at radius 1 is 1.00 bits per heavy atom. The number of nitro groups is 1. The second kappa shape index (κ2) is 6.96. The standard InChI is InChI=1S/C23H20N4O3/c1-14-22(19-8-4-6-15-5-2-3-7-18(15)19)23-24-20(13-21(28)26(23)25-14)16-9-11-17(12-10-16)27(29)30/h2-14,22-25H,1H3. The summed E-state index contributed by atoms with van der Waals surface area (Å²) in [4.78, 5) is 23.4. The lowest BCUT2D eigenvalue weighted by atomic mass is 9.87. The zero-order chi connectivity index (χ0) is 20.8. The number of non-ortho nitro benzene ring substituents is 1. The molecule has 2 N–H and O–H groups in total. The minimum atomic E-state index is -0.432. The van der Waals surface area contributed by atoms with Crippen LogP contribution in [0.2, 0.25) is 0 Å². The summed E-state index contributed by atoms with van der Waals surface area (Å²) in [5.41, 5.74) is 5.90. The molecule has 3 aromatic rings. The van der Waals surface area contributed by atoms with Crippen molar-refractivity contribution in [3.8, 4) is 0 Å². The lowest BCUT2D eigenvalue weighted by Crippen LogP contribution is -2.52. The summed E-state index contributed by atoms with van der Waals surface area (Å²) in [7, 11) is 0. The van der Waals surface area contributed by atoms with Crippen LogP contribution in [0, 0.1) is 10.1 Å². The molecule has 1 fully saturated rings. The van der Waals surface area contributed by atoms with Crippen LogP contribution >= 0.6 is 0 Å². The topological polar surface area (TPSA) is 87.5 Å². The molecule has 1 amide bonds. The third-order valence-electron chi connectivity index (χ3n) is 5.88. The molecule has 0 aliphatic carbocycles. The maximum Gasteiger partial charge on any atom is 0.269 e. The third-order valence-corrected chi connectivity index (χ3v) is 5.88. The smallest absolute Gasteiger partial charge is 0.269 e. The van der Waals surface area contributed by atoms with Crippen molar-refractivity contribution in [3.63, 3.8) is 0 Å². The van der Waals surface area contributed by atoms with Gasteiger partial charge in [-0.1, -0.05) is 42.5 Å². The van der Waals surface area contributed by atoms with E-state index in [-0.39, 0.29) is 29.7 Å². The summed E-state index contributed by atoms with van der Waals surface area (Å²) in [6.07, 6.45) is 1.26. The quantitative estimate of drug-likeness (QED) is 0.519. The van der Waals surface area contributed by atoms with Crippen molar-refractivity contribution >= 4 is 28.1 Å². The highest BCUT2D eigenvalue weighted by Gasteiger charge is 2.45. The first kappa shape index (κ1) is 18.3. The predicted octanol–water partition coefficient (Wildman–Crippen LogP) is 3.54. The van der Waals surface area contributed by atoms with E-state index in [1.807, 2.05) is 18.2 Å². The van der Waals surface area contributed by atoms with Gasteiger partial charge in [-0.25, -0.2) is 5.43 Å².